The van der Waals surface area contributed by atoms with Gasteiger partial charge in [0.25, 0.3) is 0 Å². The fourth-order valence-corrected chi connectivity index (χ4v) is 25.1. The molecule has 31 heavy (non-hydrogen) atoms. The molecule has 1 aromatic carbocycles. The molecular weight excluding hydrogens is 554 g/mol. The molecule has 1 aliphatic rings. The minimum atomic E-state index is -2.58. The molecule has 0 aromatic heterocycles. The van der Waals surface area contributed by atoms with Gasteiger partial charge in [0.2, 0.25) is 0 Å². The van der Waals surface area contributed by atoms with Crippen molar-refractivity contribution in [3.63, 3.8) is 0 Å². The molecule has 1 atom stereocenters. The SMILES string of the molecule is CCC[CH2][Sn]([CH2]CCC)([CH2]CCC)[C@H](CB1OC(C)(C)C(C)(C)O1)c1ccccc1Br. The van der Waals surface area contributed by atoms with E-state index in [0.29, 0.717) is 3.93 Å². The second kappa shape index (κ2) is 12.3. The van der Waals surface area contributed by atoms with E-state index in [1.54, 1.807) is 0 Å². The van der Waals surface area contributed by atoms with Crippen LogP contribution in [0.4, 0.5) is 0 Å². The molecule has 1 aliphatic heterocycles. The third-order valence-electron chi connectivity index (χ3n) is 7.83. The Morgan fingerprint density at radius 2 is 1.29 bits per heavy atom. The van der Waals surface area contributed by atoms with Crippen molar-refractivity contribution in [1.29, 1.82) is 0 Å². The van der Waals surface area contributed by atoms with Crippen LogP contribution in [0.3, 0.4) is 0 Å². The van der Waals surface area contributed by atoms with Crippen LogP contribution >= 0.6 is 15.9 Å². The zero-order valence-electron chi connectivity index (χ0n) is 21.2. The van der Waals surface area contributed by atoms with E-state index in [1.807, 2.05) is 0 Å². The summed E-state index contributed by atoms with van der Waals surface area (Å²) in [6.45, 7) is 15.8. The molecule has 0 spiro atoms. The van der Waals surface area contributed by atoms with E-state index in [4.69, 9.17) is 9.31 Å². The third-order valence-corrected chi connectivity index (χ3v) is 25.9. The summed E-state index contributed by atoms with van der Waals surface area (Å²) < 4.78 is 19.5. The molecule has 0 bridgehead atoms. The van der Waals surface area contributed by atoms with Gasteiger partial charge in [-0.2, -0.15) is 0 Å². The zero-order chi connectivity index (χ0) is 23.1. The predicted octanol–water partition coefficient (Wildman–Crippen LogP) is 9.01. The number of unbranched alkanes of at least 4 members (excludes halogenated alkanes) is 3. The van der Waals surface area contributed by atoms with Crippen LogP contribution in [0.15, 0.2) is 28.7 Å². The first-order valence-electron chi connectivity index (χ1n) is 12.7. The molecule has 1 fully saturated rings. The van der Waals surface area contributed by atoms with Crippen LogP contribution in [0.5, 0.6) is 0 Å². The van der Waals surface area contributed by atoms with Gasteiger partial charge in [0, 0.05) is 0 Å². The molecule has 1 heterocycles. The Balaban J connectivity index is 2.49. The first kappa shape index (κ1) is 27.7. The second-order valence-corrected chi connectivity index (χ2v) is 25.6. The van der Waals surface area contributed by atoms with Crippen LogP contribution < -0.4 is 0 Å². The zero-order valence-corrected chi connectivity index (χ0v) is 25.7. The predicted molar refractivity (Wildman–Crippen MR) is 143 cm³/mol. The Kier molecular flexibility index (Phi) is 11.0. The van der Waals surface area contributed by atoms with Crippen molar-refractivity contribution in [2.24, 2.45) is 0 Å². The van der Waals surface area contributed by atoms with E-state index < -0.39 is 18.4 Å². The number of hydrogen-bond donors (Lipinski definition) is 0. The Bertz CT molecular complexity index is 641. The molecule has 5 heteroatoms. The van der Waals surface area contributed by atoms with Crippen molar-refractivity contribution in [3.8, 4) is 0 Å². The van der Waals surface area contributed by atoms with Gasteiger partial charge in [-0.25, -0.2) is 0 Å². The van der Waals surface area contributed by atoms with Gasteiger partial charge < -0.3 is 0 Å². The number of rotatable bonds is 13. The molecule has 2 rings (SSSR count). The summed E-state index contributed by atoms with van der Waals surface area (Å²) in [6.07, 6.45) is 9.07. The molecule has 0 aliphatic carbocycles. The summed E-state index contributed by atoms with van der Waals surface area (Å²) in [6, 6.07) is 9.01. The van der Waals surface area contributed by atoms with Crippen molar-refractivity contribution >= 4 is 41.4 Å². The summed E-state index contributed by atoms with van der Waals surface area (Å²) in [5.41, 5.74) is 1.01. The first-order valence-corrected chi connectivity index (χ1v) is 21.2. The molecule has 0 amide bonds. The molecule has 2 nitrogen and oxygen atoms in total. The van der Waals surface area contributed by atoms with E-state index in [1.165, 1.54) is 61.9 Å². The van der Waals surface area contributed by atoms with Gasteiger partial charge in [0.05, 0.1) is 0 Å². The number of benzene rings is 1. The van der Waals surface area contributed by atoms with E-state index in [-0.39, 0.29) is 18.3 Å². The van der Waals surface area contributed by atoms with Gasteiger partial charge in [-0.3, -0.25) is 0 Å². The van der Waals surface area contributed by atoms with Crippen LogP contribution in [0.1, 0.15) is 96.5 Å². The fraction of sp³-hybridized carbons (Fsp3) is 0.769. The molecule has 0 N–H and O–H groups in total. The van der Waals surface area contributed by atoms with Crippen LogP contribution in [-0.4, -0.2) is 36.7 Å². The van der Waals surface area contributed by atoms with Crippen molar-refractivity contribution in [2.75, 3.05) is 0 Å². The summed E-state index contributed by atoms with van der Waals surface area (Å²) >= 11 is 1.36. The maximum atomic E-state index is 6.56. The fourth-order valence-electron chi connectivity index (χ4n) is 5.20. The van der Waals surface area contributed by atoms with E-state index in [2.05, 4.69) is 88.7 Å². The molecular formula is C26H46BBrO2Sn. The average Bonchev–Trinajstić information content (AvgIpc) is 2.93. The van der Waals surface area contributed by atoms with Crippen molar-refractivity contribution in [3.05, 3.63) is 34.3 Å². The summed E-state index contributed by atoms with van der Waals surface area (Å²) in [5.74, 6) is 0. The number of hydrogen-bond acceptors (Lipinski definition) is 2. The van der Waals surface area contributed by atoms with Crippen molar-refractivity contribution in [2.45, 2.75) is 122 Å². The Morgan fingerprint density at radius 3 is 1.71 bits per heavy atom. The van der Waals surface area contributed by atoms with Crippen LogP contribution in [0, 0.1) is 0 Å². The van der Waals surface area contributed by atoms with Crippen LogP contribution in [0.25, 0.3) is 0 Å². The molecule has 1 aromatic rings. The monoisotopic (exact) mass is 600 g/mol. The van der Waals surface area contributed by atoms with Gasteiger partial charge >= 0.3 is 207 Å². The van der Waals surface area contributed by atoms with E-state index >= 15 is 0 Å². The van der Waals surface area contributed by atoms with Gasteiger partial charge in [-0.05, 0) is 0 Å². The second-order valence-electron chi connectivity index (χ2n) is 10.7. The third kappa shape index (κ3) is 6.99. The Morgan fingerprint density at radius 1 is 0.839 bits per heavy atom. The standard InChI is InChI=1S/C14H19BBrO2.3C4H9.Sn/c1-13(2)14(3,4)18-15(17-13)10-9-11-7-5-6-8-12(11)16;3*1-3-4-2;/h5-9H,10H2,1-4H3;3*1,3-4H2,2H3;. The van der Waals surface area contributed by atoms with Crippen molar-refractivity contribution in [1.82, 2.24) is 0 Å². The quantitative estimate of drug-likeness (QED) is 0.211. The molecule has 0 unspecified atom stereocenters. The normalized spacial score (nSPS) is 19.0. The van der Waals surface area contributed by atoms with Crippen molar-refractivity contribution < 1.29 is 9.31 Å². The average molecular weight is 600 g/mol. The molecule has 1 saturated heterocycles. The van der Waals surface area contributed by atoms with E-state index in [0.717, 1.165) is 6.32 Å². The van der Waals surface area contributed by atoms with Gasteiger partial charge in [-0.1, -0.05) is 0 Å². The number of halogens is 1. The molecule has 176 valence electrons. The van der Waals surface area contributed by atoms with Crippen LogP contribution in [-0.2, 0) is 9.31 Å². The van der Waals surface area contributed by atoms with Crippen LogP contribution in [0.2, 0.25) is 19.6 Å². The maximum absolute atomic E-state index is 6.56. The topological polar surface area (TPSA) is 18.5 Å². The summed E-state index contributed by atoms with van der Waals surface area (Å²) in [4.78, 5) is 0. The Hall–Kier alpha value is 0.484. The molecule has 0 radical (unpaired) electrons. The van der Waals surface area contributed by atoms with Gasteiger partial charge in [-0.15, -0.1) is 0 Å². The summed E-state index contributed by atoms with van der Waals surface area (Å²) in [5, 5.41) is 0. The molecule has 0 saturated carbocycles. The van der Waals surface area contributed by atoms with Gasteiger partial charge in [0.1, 0.15) is 0 Å². The Labute approximate surface area is 205 Å². The van der Waals surface area contributed by atoms with E-state index in [9.17, 15) is 0 Å². The first-order chi connectivity index (χ1) is 14.6. The summed E-state index contributed by atoms with van der Waals surface area (Å²) in [7, 11) is -0.108. The minimum absolute atomic E-state index is 0.108. The van der Waals surface area contributed by atoms with Gasteiger partial charge in [0.15, 0.2) is 0 Å².